The highest BCUT2D eigenvalue weighted by Gasteiger charge is 2.53. The highest BCUT2D eigenvalue weighted by Crippen LogP contribution is 2.52. The lowest BCUT2D eigenvalue weighted by Crippen LogP contribution is -2.63. The van der Waals surface area contributed by atoms with Gasteiger partial charge in [-0.15, -0.1) is 0 Å². The Kier molecular flexibility index (Phi) is 7.40. The number of hydrogen-bond donors (Lipinski definition) is 1. The van der Waals surface area contributed by atoms with E-state index >= 15 is 0 Å². The van der Waals surface area contributed by atoms with E-state index in [0.717, 1.165) is 6.42 Å². The van der Waals surface area contributed by atoms with Gasteiger partial charge >= 0.3 is 0 Å². The molecule has 0 aromatic carbocycles. The van der Waals surface area contributed by atoms with Crippen molar-refractivity contribution in [3.05, 3.63) is 0 Å². The molecule has 2 rings (SSSR count). The van der Waals surface area contributed by atoms with Crippen LogP contribution in [0.1, 0.15) is 38.5 Å². The summed E-state index contributed by atoms with van der Waals surface area (Å²) in [7, 11) is 1.67. The van der Waals surface area contributed by atoms with Crippen molar-refractivity contribution in [1.82, 2.24) is 0 Å². The molecule has 0 aromatic rings. The SMILES string of the molecule is COCCOCCOCCOC1CC(N)C12CCCCC2. The second-order valence-corrected chi connectivity index (χ2v) is 6.21. The first kappa shape index (κ1) is 17.2. The summed E-state index contributed by atoms with van der Waals surface area (Å²) >= 11 is 0. The van der Waals surface area contributed by atoms with Crippen LogP contribution in [0.5, 0.6) is 0 Å². The summed E-state index contributed by atoms with van der Waals surface area (Å²) in [6.45, 7) is 3.78. The molecule has 5 heteroatoms. The standard InChI is InChI=1S/C16H31NO4/c1-18-7-8-19-9-10-20-11-12-21-15-13-14(17)16(15)5-3-2-4-6-16/h14-15H,2-13,17H2,1H3. The summed E-state index contributed by atoms with van der Waals surface area (Å²) < 4.78 is 21.8. The molecule has 2 N–H and O–H groups in total. The molecule has 1 spiro atoms. The number of methoxy groups -OCH3 is 1. The van der Waals surface area contributed by atoms with Gasteiger partial charge in [-0.05, 0) is 19.3 Å². The Balaban J connectivity index is 1.49. The van der Waals surface area contributed by atoms with E-state index in [1.54, 1.807) is 7.11 Å². The van der Waals surface area contributed by atoms with Crippen LogP contribution >= 0.6 is 0 Å². The predicted octanol–water partition coefficient (Wildman–Crippen LogP) is 1.73. The average molecular weight is 301 g/mol. The topological polar surface area (TPSA) is 62.9 Å². The Morgan fingerprint density at radius 2 is 1.52 bits per heavy atom. The summed E-state index contributed by atoms with van der Waals surface area (Å²) in [5, 5.41) is 0. The highest BCUT2D eigenvalue weighted by molar-refractivity contribution is 5.07. The zero-order valence-electron chi connectivity index (χ0n) is 13.4. The van der Waals surface area contributed by atoms with Crippen LogP contribution in [0.3, 0.4) is 0 Å². The number of hydrogen-bond acceptors (Lipinski definition) is 5. The van der Waals surface area contributed by atoms with E-state index in [-0.39, 0.29) is 5.41 Å². The van der Waals surface area contributed by atoms with Crippen LogP contribution in [0.25, 0.3) is 0 Å². The lowest BCUT2D eigenvalue weighted by atomic mass is 9.55. The average Bonchev–Trinajstić information content (AvgIpc) is 2.53. The minimum absolute atomic E-state index is 0.279. The third-order valence-electron chi connectivity index (χ3n) is 4.98. The van der Waals surface area contributed by atoms with Crippen molar-refractivity contribution in [2.24, 2.45) is 11.1 Å². The van der Waals surface area contributed by atoms with Gasteiger partial charge in [0.05, 0.1) is 45.7 Å². The van der Waals surface area contributed by atoms with Crippen molar-refractivity contribution in [3.8, 4) is 0 Å². The van der Waals surface area contributed by atoms with E-state index in [4.69, 9.17) is 24.7 Å². The summed E-state index contributed by atoms with van der Waals surface area (Å²) in [6, 6.07) is 0.345. The molecule has 2 unspecified atom stereocenters. The maximum Gasteiger partial charge on any atom is 0.0704 e. The largest absolute Gasteiger partial charge is 0.382 e. The fraction of sp³-hybridized carbons (Fsp3) is 1.00. The van der Waals surface area contributed by atoms with Crippen molar-refractivity contribution in [2.75, 3.05) is 46.8 Å². The van der Waals surface area contributed by atoms with E-state index in [1.807, 2.05) is 0 Å². The van der Waals surface area contributed by atoms with Gasteiger partial charge in [-0.2, -0.15) is 0 Å². The Hall–Kier alpha value is -0.200. The predicted molar refractivity (Wildman–Crippen MR) is 81.4 cm³/mol. The minimum Gasteiger partial charge on any atom is -0.382 e. The summed E-state index contributed by atoms with van der Waals surface area (Å²) in [6.07, 6.45) is 7.83. The van der Waals surface area contributed by atoms with Crippen LogP contribution in [0, 0.1) is 5.41 Å². The number of nitrogens with two attached hydrogens (primary N) is 1. The van der Waals surface area contributed by atoms with Gasteiger partial charge in [0.15, 0.2) is 0 Å². The second-order valence-electron chi connectivity index (χ2n) is 6.21. The van der Waals surface area contributed by atoms with Gasteiger partial charge in [-0.1, -0.05) is 19.3 Å². The molecule has 5 nitrogen and oxygen atoms in total. The Morgan fingerprint density at radius 1 is 0.905 bits per heavy atom. The van der Waals surface area contributed by atoms with Crippen LogP contribution < -0.4 is 5.73 Å². The number of rotatable bonds is 10. The molecule has 21 heavy (non-hydrogen) atoms. The fourth-order valence-electron chi connectivity index (χ4n) is 3.63. The molecule has 0 saturated heterocycles. The Labute approximate surface area is 128 Å². The zero-order chi connectivity index (χ0) is 15.0. The third-order valence-corrected chi connectivity index (χ3v) is 4.98. The van der Waals surface area contributed by atoms with Gasteiger partial charge in [0.2, 0.25) is 0 Å². The van der Waals surface area contributed by atoms with Crippen molar-refractivity contribution < 1.29 is 18.9 Å². The van der Waals surface area contributed by atoms with Crippen molar-refractivity contribution >= 4 is 0 Å². The highest BCUT2D eigenvalue weighted by atomic mass is 16.6. The second kappa shape index (κ2) is 9.06. The molecule has 0 amide bonds. The van der Waals surface area contributed by atoms with Crippen LogP contribution in [0.4, 0.5) is 0 Å². The monoisotopic (exact) mass is 301 g/mol. The van der Waals surface area contributed by atoms with Gasteiger partial charge in [-0.3, -0.25) is 0 Å². The van der Waals surface area contributed by atoms with Gasteiger partial charge in [-0.25, -0.2) is 0 Å². The first-order valence-electron chi connectivity index (χ1n) is 8.31. The molecule has 2 aliphatic rings. The van der Waals surface area contributed by atoms with E-state index in [2.05, 4.69) is 0 Å². The van der Waals surface area contributed by atoms with Gasteiger partial charge in [0.1, 0.15) is 0 Å². The van der Waals surface area contributed by atoms with E-state index < -0.39 is 0 Å². The normalized spacial score (nSPS) is 27.7. The molecule has 0 bridgehead atoms. The Bertz CT molecular complexity index is 281. The molecule has 2 aliphatic carbocycles. The van der Waals surface area contributed by atoms with E-state index in [0.29, 0.717) is 51.8 Å². The summed E-state index contributed by atoms with van der Waals surface area (Å²) in [5.41, 5.74) is 6.53. The molecule has 0 aliphatic heterocycles. The lowest BCUT2D eigenvalue weighted by molar-refractivity contribution is -0.151. The molecule has 2 atom stereocenters. The smallest absolute Gasteiger partial charge is 0.0704 e. The first-order valence-corrected chi connectivity index (χ1v) is 8.31. The molecular weight excluding hydrogens is 270 g/mol. The van der Waals surface area contributed by atoms with Crippen LogP contribution in [0.15, 0.2) is 0 Å². The molecule has 2 saturated carbocycles. The molecule has 2 fully saturated rings. The van der Waals surface area contributed by atoms with E-state index in [9.17, 15) is 0 Å². The minimum atomic E-state index is 0.279. The zero-order valence-corrected chi connectivity index (χ0v) is 13.4. The van der Waals surface area contributed by atoms with Crippen LogP contribution in [-0.2, 0) is 18.9 Å². The lowest BCUT2D eigenvalue weighted by Gasteiger charge is -2.56. The van der Waals surface area contributed by atoms with Gasteiger partial charge < -0.3 is 24.7 Å². The Morgan fingerprint density at radius 3 is 2.14 bits per heavy atom. The van der Waals surface area contributed by atoms with Crippen LogP contribution in [0.2, 0.25) is 0 Å². The fourth-order valence-corrected chi connectivity index (χ4v) is 3.63. The van der Waals surface area contributed by atoms with E-state index in [1.165, 1.54) is 32.1 Å². The van der Waals surface area contributed by atoms with Crippen LogP contribution in [-0.4, -0.2) is 58.9 Å². The van der Waals surface area contributed by atoms with Gasteiger partial charge in [0.25, 0.3) is 0 Å². The number of ether oxygens (including phenoxy) is 4. The quantitative estimate of drug-likeness (QED) is 0.623. The summed E-state index contributed by atoms with van der Waals surface area (Å²) in [4.78, 5) is 0. The summed E-state index contributed by atoms with van der Waals surface area (Å²) in [5.74, 6) is 0. The molecular formula is C16H31NO4. The van der Waals surface area contributed by atoms with Crippen molar-refractivity contribution in [3.63, 3.8) is 0 Å². The molecule has 0 heterocycles. The van der Waals surface area contributed by atoms with Crippen molar-refractivity contribution in [2.45, 2.75) is 50.7 Å². The molecule has 124 valence electrons. The maximum atomic E-state index is 6.25. The third kappa shape index (κ3) is 4.63. The maximum absolute atomic E-state index is 6.25. The molecule has 0 aromatic heterocycles. The first-order chi connectivity index (χ1) is 10.3. The molecule has 0 radical (unpaired) electrons. The van der Waals surface area contributed by atoms with Crippen molar-refractivity contribution in [1.29, 1.82) is 0 Å². The van der Waals surface area contributed by atoms with Gasteiger partial charge in [0, 0.05) is 18.6 Å².